The van der Waals surface area contributed by atoms with E-state index in [1.165, 1.54) is 0 Å². The smallest absolute Gasteiger partial charge is 0.307 e. The van der Waals surface area contributed by atoms with Crippen molar-refractivity contribution in [3.8, 4) is 11.1 Å². The molecule has 0 saturated carbocycles. The van der Waals surface area contributed by atoms with Crippen LogP contribution in [0.3, 0.4) is 0 Å². The van der Waals surface area contributed by atoms with Crippen molar-refractivity contribution in [1.82, 2.24) is 4.98 Å². The highest BCUT2D eigenvalue weighted by Crippen LogP contribution is 2.28. The molecule has 1 atom stereocenters. The molecule has 0 saturated heterocycles. The number of hydrogen-bond acceptors (Lipinski definition) is 4. The molecule has 1 aromatic heterocycles. The number of ether oxygens (including phenoxy) is 1. The van der Waals surface area contributed by atoms with Crippen molar-refractivity contribution in [2.24, 2.45) is 5.73 Å². The van der Waals surface area contributed by atoms with Gasteiger partial charge >= 0.3 is 5.97 Å². The summed E-state index contributed by atoms with van der Waals surface area (Å²) in [4.78, 5) is 16.0. The van der Waals surface area contributed by atoms with Gasteiger partial charge in [-0.15, -0.1) is 12.4 Å². The maximum Gasteiger partial charge on any atom is 0.307 e. The second-order valence-corrected chi connectivity index (χ2v) is 5.62. The molecule has 0 fully saturated rings. The van der Waals surface area contributed by atoms with Gasteiger partial charge in [0.2, 0.25) is 0 Å². The quantitative estimate of drug-likeness (QED) is 0.693. The van der Waals surface area contributed by atoms with E-state index in [-0.39, 0.29) is 30.8 Å². The summed E-state index contributed by atoms with van der Waals surface area (Å²) in [6, 6.07) is 17.7. The number of pyridine rings is 1. The first-order chi connectivity index (χ1) is 11.7. The number of benzene rings is 2. The molecular formula is C20H21ClN2O2. The fraction of sp³-hybridized carbons (Fsp3) is 0.200. The molecule has 0 radical (unpaired) electrons. The van der Waals surface area contributed by atoms with Gasteiger partial charge in [0.15, 0.2) is 0 Å². The Morgan fingerprint density at radius 2 is 1.84 bits per heavy atom. The third kappa shape index (κ3) is 4.35. The second-order valence-electron chi connectivity index (χ2n) is 5.62. The van der Waals surface area contributed by atoms with Crippen LogP contribution in [0.2, 0.25) is 0 Å². The molecule has 0 aliphatic carbocycles. The van der Waals surface area contributed by atoms with E-state index >= 15 is 0 Å². The molecule has 3 rings (SSSR count). The summed E-state index contributed by atoms with van der Waals surface area (Å²) < 4.78 is 4.95. The van der Waals surface area contributed by atoms with E-state index in [1.807, 2.05) is 36.4 Å². The average molecular weight is 357 g/mol. The monoisotopic (exact) mass is 356 g/mol. The van der Waals surface area contributed by atoms with E-state index in [0.29, 0.717) is 6.61 Å². The second kappa shape index (κ2) is 8.60. The van der Waals surface area contributed by atoms with E-state index in [2.05, 4.69) is 23.2 Å². The number of aromatic nitrogens is 1. The van der Waals surface area contributed by atoms with Gasteiger partial charge in [0.1, 0.15) is 0 Å². The standard InChI is InChI=1S/C20H20N2O2.ClH/c1-2-24-19(23)13-18(21)15-10-8-14(9-11-15)17-7-3-5-16-6-4-12-22-20(16)17;/h3-12,18H,2,13,21H2,1H3;1H. The summed E-state index contributed by atoms with van der Waals surface area (Å²) in [6.45, 7) is 2.16. The fourth-order valence-corrected chi connectivity index (χ4v) is 2.76. The van der Waals surface area contributed by atoms with Crippen molar-refractivity contribution in [3.63, 3.8) is 0 Å². The van der Waals surface area contributed by atoms with Crippen molar-refractivity contribution in [2.75, 3.05) is 6.61 Å². The van der Waals surface area contributed by atoms with Gasteiger partial charge in [-0.2, -0.15) is 0 Å². The predicted octanol–water partition coefficient (Wildman–Crippen LogP) is 4.28. The SMILES string of the molecule is CCOC(=O)CC(N)c1ccc(-c2cccc3cccnc23)cc1.Cl. The van der Waals surface area contributed by atoms with Gasteiger partial charge in [0.25, 0.3) is 0 Å². The number of nitrogens with two attached hydrogens (primary N) is 1. The molecule has 0 spiro atoms. The van der Waals surface area contributed by atoms with Crippen LogP contribution in [-0.2, 0) is 9.53 Å². The van der Waals surface area contributed by atoms with E-state index in [1.54, 1.807) is 13.1 Å². The van der Waals surface area contributed by atoms with Crippen molar-refractivity contribution in [1.29, 1.82) is 0 Å². The summed E-state index contributed by atoms with van der Waals surface area (Å²) in [7, 11) is 0. The molecule has 0 bridgehead atoms. The Labute approximate surface area is 153 Å². The lowest BCUT2D eigenvalue weighted by atomic mass is 9.98. The Kier molecular flexibility index (Phi) is 6.51. The zero-order chi connectivity index (χ0) is 16.9. The largest absolute Gasteiger partial charge is 0.466 e. The van der Waals surface area contributed by atoms with Crippen molar-refractivity contribution in [3.05, 3.63) is 66.4 Å². The van der Waals surface area contributed by atoms with Crippen LogP contribution in [0.1, 0.15) is 24.9 Å². The number of hydrogen-bond donors (Lipinski definition) is 1. The van der Waals surface area contributed by atoms with Gasteiger partial charge in [-0.1, -0.05) is 48.5 Å². The van der Waals surface area contributed by atoms with Crippen LogP contribution >= 0.6 is 12.4 Å². The molecule has 5 heteroatoms. The van der Waals surface area contributed by atoms with Gasteiger partial charge in [-0.3, -0.25) is 9.78 Å². The minimum Gasteiger partial charge on any atom is -0.466 e. The Balaban J connectivity index is 0.00000225. The number of rotatable bonds is 5. The molecule has 0 aliphatic rings. The minimum absolute atomic E-state index is 0. The topological polar surface area (TPSA) is 65.2 Å². The number of carbonyl (C=O) groups is 1. The van der Waals surface area contributed by atoms with Gasteiger partial charge in [-0.05, 0) is 24.1 Å². The Morgan fingerprint density at radius 3 is 2.56 bits per heavy atom. The summed E-state index contributed by atoms with van der Waals surface area (Å²) in [6.07, 6.45) is 1.98. The number of esters is 1. The maximum absolute atomic E-state index is 11.6. The van der Waals surface area contributed by atoms with Crippen LogP contribution in [-0.4, -0.2) is 17.6 Å². The van der Waals surface area contributed by atoms with Crippen LogP contribution in [0, 0.1) is 0 Å². The van der Waals surface area contributed by atoms with Crippen LogP contribution in [0.5, 0.6) is 0 Å². The Bertz CT molecular complexity index is 844. The third-order valence-electron chi connectivity index (χ3n) is 3.97. The highest BCUT2D eigenvalue weighted by Gasteiger charge is 2.13. The summed E-state index contributed by atoms with van der Waals surface area (Å²) in [5, 5.41) is 1.11. The molecule has 130 valence electrons. The molecule has 1 unspecified atom stereocenters. The average Bonchev–Trinajstić information content (AvgIpc) is 2.61. The summed E-state index contributed by atoms with van der Waals surface area (Å²) in [5.41, 5.74) is 10.1. The molecule has 2 N–H and O–H groups in total. The molecule has 25 heavy (non-hydrogen) atoms. The third-order valence-corrected chi connectivity index (χ3v) is 3.97. The van der Waals surface area contributed by atoms with E-state index < -0.39 is 0 Å². The first kappa shape index (κ1) is 18.9. The fourth-order valence-electron chi connectivity index (χ4n) is 2.76. The van der Waals surface area contributed by atoms with E-state index in [9.17, 15) is 4.79 Å². The molecule has 0 aliphatic heterocycles. The Hall–Kier alpha value is -2.43. The lowest BCUT2D eigenvalue weighted by Crippen LogP contribution is -2.17. The highest BCUT2D eigenvalue weighted by molar-refractivity contribution is 5.93. The first-order valence-electron chi connectivity index (χ1n) is 8.04. The number of para-hydroxylation sites is 1. The number of fused-ring (bicyclic) bond motifs is 1. The summed E-state index contributed by atoms with van der Waals surface area (Å²) in [5.74, 6) is -0.271. The Morgan fingerprint density at radius 1 is 1.12 bits per heavy atom. The summed E-state index contributed by atoms with van der Waals surface area (Å²) >= 11 is 0. The molecule has 4 nitrogen and oxygen atoms in total. The van der Waals surface area contributed by atoms with E-state index in [0.717, 1.165) is 27.6 Å². The lowest BCUT2D eigenvalue weighted by molar-refractivity contribution is -0.143. The number of carbonyl (C=O) groups excluding carboxylic acids is 1. The van der Waals surface area contributed by atoms with E-state index in [4.69, 9.17) is 10.5 Å². The van der Waals surface area contributed by atoms with Crippen molar-refractivity contribution < 1.29 is 9.53 Å². The zero-order valence-corrected chi connectivity index (χ0v) is 14.8. The number of nitrogens with zero attached hydrogens (tertiary/aromatic N) is 1. The molecular weight excluding hydrogens is 336 g/mol. The van der Waals surface area contributed by atoms with Crippen LogP contribution in [0.25, 0.3) is 22.0 Å². The highest BCUT2D eigenvalue weighted by atomic mass is 35.5. The first-order valence-corrected chi connectivity index (χ1v) is 8.04. The van der Waals surface area contributed by atoms with Crippen LogP contribution in [0.15, 0.2) is 60.8 Å². The van der Waals surface area contributed by atoms with Gasteiger partial charge in [0, 0.05) is 23.2 Å². The molecule has 1 heterocycles. The van der Waals surface area contributed by atoms with Gasteiger partial charge in [-0.25, -0.2) is 0 Å². The molecule has 0 amide bonds. The van der Waals surface area contributed by atoms with Crippen molar-refractivity contribution >= 4 is 29.3 Å². The van der Waals surface area contributed by atoms with Gasteiger partial charge in [0.05, 0.1) is 18.5 Å². The van der Waals surface area contributed by atoms with Crippen molar-refractivity contribution in [2.45, 2.75) is 19.4 Å². The molecule has 2 aromatic carbocycles. The number of halogens is 1. The van der Waals surface area contributed by atoms with Crippen LogP contribution < -0.4 is 5.73 Å². The normalized spacial score (nSPS) is 11.6. The predicted molar refractivity (Wildman–Crippen MR) is 103 cm³/mol. The van der Waals surface area contributed by atoms with Gasteiger partial charge < -0.3 is 10.5 Å². The molecule has 3 aromatic rings. The van der Waals surface area contributed by atoms with Crippen LogP contribution in [0.4, 0.5) is 0 Å². The maximum atomic E-state index is 11.6. The zero-order valence-electron chi connectivity index (χ0n) is 14.0. The minimum atomic E-state index is -0.358. The lowest BCUT2D eigenvalue weighted by Gasteiger charge is -2.12.